The molecule has 8 nitrogen and oxygen atoms in total. The first-order valence-electron chi connectivity index (χ1n) is 9.99. The summed E-state index contributed by atoms with van der Waals surface area (Å²) in [5, 5.41) is 7.26. The van der Waals surface area contributed by atoms with Crippen LogP contribution in [0.25, 0.3) is 0 Å². The number of hydrogen-bond donors (Lipinski definition) is 1. The van der Waals surface area contributed by atoms with E-state index in [4.69, 9.17) is 4.42 Å². The molecular weight excluding hydrogens is 382 g/mol. The molecule has 2 aromatic heterocycles. The standard InChI is InChI=1S/C22H25N5O3/c1-16-14-19(17(2)30-16)21(28)25-10-12-26(13-11-25)22(29)23-20-8-9-27(24-20)15-18-6-4-3-5-7-18/h3-9,14H,10-13,15H2,1-2H3,(H,23,24,29). The van der Waals surface area contributed by atoms with Gasteiger partial charge in [-0.2, -0.15) is 5.10 Å². The number of aryl methyl sites for hydroxylation is 2. The number of amides is 3. The molecule has 156 valence electrons. The van der Waals surface area contributed by atoms with Crippen molar-refractivity contribution in [2.75, 3.05) is 31.5 Å². The first kappa shape index (κ1) is 19.8. The van der Waals surface area contributed by atoms with Gasteiger partial charge in [-0.15, -0.1) is 0 Å². The Labute approximate surface area is 175 Å². The van der Waals surface area contributed by atoms with E-state index < -0.39 is 0 Å². The lowest BCUT2D eigenvalue weighted by Gasteiger charge is -2.34. The van der Waals surface area contributed by atoms with E-state index in [-0.39, 0.29) is 11.9 Å². The van der Waals surface area contributed by atoms with Crippen molar-refractivity contribution in [2.45, 2.75) is 20.4 Å². The first-order valence-corrected chi connectivity index (χ1v) is 9.99. The van der Waals surface area contributed by atoms with Gasteiger partial charge in [-0.1, -0.05) is 30.3 Å². The second kappa shape index (κ2) is 8.44. The summed E-state index contributed by atoms with van der Waals surface area (Å²) in [6.07, 6.45) is 1.84. The molecule has 1 saturated heterocycles. The van der Waals surface area contributed by atoms with E-state index in [0.29, 0.717) is 49.9 Å². The van der Waals surface area contributed by atoms with Crippen LogP contribution in [-0.4, -0.2) is 57.7 Å². The van der Waals surface area contributed by atoms with E-state index in [1.54, 1.807) is 33.5 Å². The summed E-state index contributed by atoms with van der Waals surface area (Å²) in [5.41, 5.74) is 1.73. The lowest BCUT2D eigenvalue weighted by molar-refractivity contribution is 0.0670. The van der Waals surface area contributed by atoms with E-state index in [9.17, 15) is 9.59 Å². The number of aromatic nitrogens is 2. The number of carbonyl (C=O) groups excluding carboxylic acids is 2. The van der Waals surface area contributed by atoms with Crippen molar-refractivity contribution in [2.24, 2.45) is 0 Å². The molecule has 1 aliphatic heterocycles. The predicted octanol–water partition coefficient (Wildman–Crippen LogP) is 3.13. The minimum atomic E-state index is -0.206. The molecule has 3 aromatic rings. The molecule has 4 rings (SSSR count). The number of anilines is 1. The monoisotopic (exact) mass is 407 g/mol. The number of hydrogen-bond acceptors (Lipinski definition) is 4. The Morgan fingerprint density at radius 1 is 1.03 bits per heavy atom. The maximum absolute atomic E-state index is 12.7. The van der Waals surface area contributed by atoms with Gasteiger partial charge in [0.1, 0.15) is 11.5 Å². The van der Waals surface area contributed by atoms with Crippen LogP contribution in [0.2, 0.25) is 0 Å². The second-order valence-corrected chi connectivity index (χ2v) is 7.42. The van der Waals surface area contributed by atoms with Crippen molar-refractivity contribution < 1.29 is 14.0 Å². The van der Waals surface area contributed by atoms with Gasteiger partial charge in [-0.25, -0.2) is 4.79 Å². The maximum Gasteiger partial charge on any atom is 0.323 e. The smallest absolute Gasteiger partial charge is 0.323 e. The van der Waals surface area contributed by atoms with Gasteiger partial charge in [0, 0.05) is 38.4 Å². The van der Waals surface area contributed by atoms with Crippen molar-refractivity contribution in [3.63, 3.8) is 0 Å². The van der Waals surface area contributed by atoms with Gasteiger partial charge in [0.2, 0.25) is 0 Å². The van der Waals surface area contributed by atoms with E-state index >= 15 is 0 Å². The number of carbonyl (C=O) groups is 2. The molecular formula is C22H25N5O3. The van der Waals surface area contributed by atoms with E-state index in [0.717, 1.165) is 11.3 Å². The largest absolute Gasteiger partial charge is 0.466 e. The van der Waals surface area contributed by atoms with Crippen molar-refractivity contribution >= 4 is 17.8 Å². The SMILES string of the molecule is Cc1cc(C(=O)N2CCN(C(=O)Nc3ccn(Cc4ccccc4)n3)CC2)c(C)o1. The summed E-state index contributed by atoms with van der Waals surface area (Å²) in [5.74, 6) is 1.81. The summed E-state index contributed by atoms with van der Waals surface area (Å²) >= 11 is 0. The number of piperazine rings is 1. The molecule has 0 unspecified atom stereocenters. The summed E-state index contributed by atoms with van der Waals surface area (Å²) in [6.45, 7) is 6.17. The van der Waals surface area contributed by atoms with Gasteiger partial charge in [0.15, 0.2) is 5.82 Å². The van der Waals surface area contributed by atoms with Crippen molar-refractivity contribution in [3.8, 4) is 0 Å². The zero-order chi connectivity index (χ0) is 21.1. The zero-order valence-corrected chi connectivity index (χ0v) is 17.2. The minimum absolute atomic E-state index is 0.0518. The van der Waals surface area contributed by atoms with Crippen molar-refractivity contribution in [3.05, 3.63) is 71.3 Å². The Balaban J connectivity index is 1.29. The molecule has 0 saturated carbocycles. The van der Waals surface area contributed by atoms with Gasteiger partial charge < -0.3 is 14.2 Å². The lowest BCUT2D eigenvalue weighted by atomic mass is 10.2. The van der Waals surface area contributed by atoms with Crippen LogP contribution in [0.5, 0.6) is 0 Å². The molecule has 8 heteroatoms. The van der Waals surface area contributed by atoms with Crippen LogP contribution in [-0.2, 0) is 6.54 Å². The number of nitrogens with zero attached hydrogens (tertiary/aromatic N) is 4. The Morgan fingerprint density at radius 2 is 1.73 bits per heavy atom. The van der Waals surface area contributed by atoms with Crippen LogP contribution in [0.1, 0.15) is 27.4 Å². The van der Waals surface area contributed by atoms with Crippen LogP contribution in [0.15, 0.2) is 53.1 Å². The lowest BCUT2D eigenvalue weighted by Crippen LogP contribution is -2.51. The average molecular weight is 407 g/mol. The Bertz CT molecular complexity index is 1030. The highest BCUT2D eigenvalue weighted by Gasteiger charge is 2.27. The Hall–Kier alpha value is -3.55. The summed E-state index contributed by atoms with van der Waals surface area (Å²) < 4.78 is 7.25. The molecule has 0 aliphatic carbocycles. The maximum atomic E-state index is 12.7. The normalized spacial score (nSPS) is 14.1. The number of nitrogens with one attached hydrogen (secondary N) is 1. The number of benzene rings is 1. The Kier molecular flexibility index (Phi) is 5.56. The predicted molar refractivity (Wildman–Crippen MR) is 112 cm³/mol. The Morgan fingerprint density at radius 3 is 2.40 bits per heavy atom. The molecule has 1 aromatic carbocycles. The fraction of sp³-hybridized carbons (Fsp3) is 0.318. The van der Waals surface area contributed by atoms with Crippen LogP contribution < -0.4 is 5.32 Å². The number of rotatable bonds is 4. The van der Waals surface area contributed by atoms with Crippen LogP contribution in [0, 0.1) is 13.8 Å². The van der Waals surface area contributed by atoms with Gasteiger partial charge in [-0.05, 0) is 25.5 Å². The third-order valence-electron chi connectivity index (χ3n) is 5.19. The van der Waals surface area contributed by atoms with Crippen LogP contribution in [0.3, 0.4) is 0 Å². The molecule has 3 amide bonds. The van der Waals surface area contributed by atoms with Crippen molar-refractivity contribution in [1.29, 1.82) is 0 Å². The third-order valence-corrected chi connectivity index (χ3v) is 5.19. The van der Waals surface area contributed by atoms with E-state index in [2.05, 4.69) is 10.4 Å². The highest BCUT2D eigenvalue weighted by atomic mass is 16.3. The van der Waals surface area contributed by atoms with Gasteiger partial charge in [0.25, 0.3) is 5.91 Å². The molecule has 0 spiro atoms. The molecule has 0 bridgehead atoms. The van der Waals surface area contributed by atoms with Gasteiger partial charge in [-0.3, -0.25) is 14.8 Å². The number of urea groups is 1. The quantitative estimate of drug-likeness (QED) is 0.720. The summed E-state index contributed by atoms with van der Waals surface area (Å²) in [4.78, 5) is 28.7. The molecule has 0 radical (unpaired) electrons. The highest BCUT2D eigenvalue weighted by Crippen LogP contribution is 2.17. The third kappa shape index (κ3) is 4.37. The molecule has 0 atom stereocenters. The van der Waals surface area contributed by atoms with E-state index in [1.807, 2.05) is 43.5 Å². The average Bonchev–Trinajstić information content (AvgIpc) is 3.33. The van der Waals surface area contributed by atoms with Crippen LogP contribution in [0.4, 0.5) is 10.6 Å². The topological polar surface area (TPSA) is 83.6 Å². The molecule has 1 N–H and O–H groups in total. The molecule has 30 heavy (non-hydrogen) atoms. The van der Waals surface area contributed by atoms with Gasteiger partial charge in [0.05, 0.1) is 12.1 Å². The molecule has 3 heterocycles. The fourth-order valence-corrected chi connectivity index (χ4v) is 3.60. The second-order valence-electron chi connectivity index (χ2n) is 7.42. The summed E-state index contributed by atoms with van der Waals surface area (Å²) in [6, 6.07) is 13.4. The zero-order valence-electron chi connectivity index (χ0n) is 17.2. The van der Waals surface area contributed by atoms with Gasteiger partial charge >= 0.3 is 6.03 Å². The fourth-order valence-electron chi connectivity index (χ4n) is 3.60. The van der Waals surface area contributed by atoms with E-state index in [1.165, 1.54) is 0 Å². The van der Waals surface area contributed by atoms with Crippen molar-refractivity contribution in [1.82, 2.24) is 19.6 Å². The minimum Gasteiger partial charge on any atom is -0.466 e. The number of furan rings is 1. The first-order chi connectivity index (χ1) is 14.5. The highest BCUT2D eigenvalue weighted by molar-refractivity contribution is 5.95. The molecule has 1 aliphatic rings. The molecule has 1 fully saturated rings. The van der Waals surface area contributed by atoms with Crippen LogP contribution >= 0.6 is 0 Å². The summed E-state index contributed by atoms with van der Waals surface area (Å²) in [7, 11) is 0.